The minimum Gasteiger partial charge on any atom is -0.507 e. The zero-order valence-corrected chi connectivity index (χ0v) is 12.5. The Balaban J connectivity index is 1.72. The van der Waals surface area contributed by atoms with Crippen molar-refractivity contribution in [3.05, 3.63) is 29.2 Å². The number of phenols is 1. The van der Waals surface area contributed by atoms with Crippen LogP contribution in [-0.4, -0.2) is 21.3 Å². The lowest BCUT2D eigenvalue weighted by Crippen LogP contribution is -2.25. The van der Waals surface area contributed by atoms with Crippen molar-refractivity contribution in [3.8, 4) is 17.1 Å². The summed E-state index contributed by atoms with van der Waals surface area (Å²) < 4.78 is 5.30. The lowest BCUT2D eigenvalue weighted by Gasteiger charge is -2.08. The van der Waals surface area contributed by atoms with Crippen molar-refractivity contribution >= 4 is 0 Å². The maximum absolute atomic E-state index is 9.81. The number of rotatable bonds is 4. The Morgan fingerprint density at radius 1 is 1.24 bits per heavy atom. The molecule has 0 atom stereocenters. The molecule has 0 saturated heterocycles. The van der Waals surface area contributed by atoms with Gasteiger partial charge < -0.3 is 14.9 Å². The van der Waals surface area contributed by atoms with Gasteiger partial charge in [-0.2, -0.15) is 4.98 Å². The van der Waals surface area contributed by atoms with E-state index in [9.17, 15) is 5.11 Å². The second-order valence-corrected chi connectivity index (χ2v) is 5.83. The SMILES string of the molecule is Cc1cc(-c2noc(CNC3CCCC3)n2)cc(C)c1O. The van der Waals surface area contributed by atoms with Crippen LogP contribution in [0.4, 0.5) is 0 Å². The lowest BCUT2D eigenvalue weighted by molar-refractivity contribution is 0.357. The molecule has 112 valence electrons. The molecular weight excluding hydrogens is 266 g/mol. The molecule has 1 aliphatic carbocycles. The highest BCUT2D eigenvalue weighted by molar-refractivity contribution is 5.60. The molecule has 0 spiro atoms. The van der Waals surface area contributed by atoms with Crippen LogP contribution in [0.2, 0.25) is 0 Å². The summed E-state index contributed by atoms with van der Waals surface area (Å²) in [4.78, 5) is 4.43. The second kappa shape index (κ2) is 5.85. The van der Waals surface area contributed by atoms with E-state index in [2.05, 4.69) is 15.5 Å². The van der Waals surface area contributed by atoms with Crippen molar-refractivity contribution in [2.24, 2.45) is 0 Å². The molecular formula is C16H21N3O2. The number of aromatic hydroxyl groups is 1. The van der Waals surface area contributed by atoms with Crippen molar-refractivity contribution in [3.63, 3.8) is 0 Å². The van der Waals surface area contributed by atoms with E-state index in [1.54, 1.807) is 0 Å². The summed E-state index contributed by atoms with van der Waals surface area (Å²) >= 11 is 0. The van der Waals surface area contributed by atoms with E-state index in [1.165, 1.54) is 25.7 Å². The number of aryl methyl sites for hydroxylation is 2. The van der Waals surface area contributed by atoms with Crippen LogP contribution < -0.4 is 5.32 Å². The molecule has 5 heteroatoms. The molecule has 1 aromatic carbocycles. The highest BCUT2D eigenvalue weighted by Gasteiger charge is 2.16. The second-order valence-electron chi connectivity index (χ2n) is 5.83. The zero-order chi connectivity index (χ0) is 14.8. The monoisotopic (exact) mass is 287 g/mol. The number of aromatic nitrogens is 2. The Morgan fingerprint density at radius 3 is 2.57 bits per heavy atom. The van der Waals surface area contributed by atoms with E-state index < -0.39 is 0 Å². The Kier molecular flexibility index (Phi) is 3.92. The summed E-state index contributed by atoms with van der Waals surface area (Å²) in [6.45, 7) is 4.36. The molecule has 2 N–H and O–H groups in total. The summed E-state index contributed by atoms with van der Waals surface area (Å²) in [7, 11) is 0. The fourth-order valence-corrected chi connectivity index (χ4v) is 2.89. The van der Waals surface area contributed by atoms with Gasteiger partial charge in [0.25, 0.3) is 0 Å². The molecule has 5 nitrogen and oxygen atoms in total. The van der Waals surface area contributed by atoms with Gasteiger partial charge in [0.2, 0.25) is 11.7 Å². The molecule has 21 heavy (non-hydrogen) atoms. The highest BCUT2D eigenvalue weighted by atomic mass is 16.5. The van der Waals surface area contributed by atoms with Gasteiger partial charge in [-0.15, -0.1) is 0 Å². The van der Waals surface area contributed by atoms with Crippen LogP contribution in [0.1, 0.15) is 42.7 Å². The third-order valence-electron chi connectivity index (χ3n) is 4.11. The first-order valence-electron chi connectivity index (χ1n) is 7.50. The van der Waals surface area contributed by atoms with Gasteiger partial charge in [0.15, 0.2) is 0 Å². The van der Waals surface area contributed by atoms with Gasteiger partial charge in [-0.05, 0) is 49.9 Å². The van der Waals surface area contributed by atoms with Crippen molar-refractivity contribution < 1.29 is 9.63 Å². The predicted molar refractivity (Wildman–Crippen MR) is 80.0 cm³/mol. The number of hydrogen-bond acceptors (Lipinski definition) is 5. The first kappa shape index (κ1) is 14.1. The maximum atomic E-state index is 9.81. The minimum atomic E-state index is 0.324. The standard InChI is InChI=1S/C16H21N3O2/c1-10-7-12(8-11(2)15(10)20)16-18-14(21-19-16)9-17-13-5-3-4-6-13/h7-8,13,17,20H,3-6,9H2,1-2H3. The Bertz CT molecular complexity index is 607. The minimum absolute atomic E-state index is 0.324. The summed E-state index contributed by atoms with van der Waals surface area (Å²) in [5.41, 5.74) is 2.51. The van der Waals surface area contributed by atoms with E-state index in [-0.39, 0.29) is 0 Å². The van der Waals surface area contributed by atoms with Gasteiger partial charge in [0.05, 0.1) is 6.54 Å². The third-order valence-corrected chi connectivity index (χ3v) is 4.11. The van der Waals surface area contributed by atoms with Crippen molar-refractivity contribution in [2.75, 3.05) is 0 Å². The van der Waals surface area contributed by atoms with Crippen LogP contribution in [0.5, 0.6) is 5.75 Å². The molecule has 2 aromatic rings. The van der Waals surface area contributed by atoms with Crippen LogP contribution in [0.3, 0.4) is 0 Å². The number of nitrogens with zero attached hydrogens (tertiary/aromatic N) is 2. The van der Waals surface area contributed by atoms with Crippen LogP contribution in [0.25, 0.3) is 11.4 Å². The molecule has 1 saturated carbocycles. The molecule has 0 bridgehead atoms. The molecule has 0 radical (unpaired) electrons. The van der Waals surface area contributed by atoms with E-state index in [0.29, 0.717) is 30.1 Å². The predicted octanol–water partition coefficient (Wildman–Crippen LogP) is 3.09. The Morgan fingerprint density at radius 2 is 1.90 bits per heavy atom. The highest BCUT2D eigenvalue weighted by Crippen LogP contribution is 2.27. The number of benzene rings is 1. The summed E-state index contributed by atoms with van der Waals surface area (Å²) in [6, 6.07) is 4.33. The maximum Gasteiger partial charge on any atom is 0.240 e. The Labute approximate surface area is 124 Å². The fourth-order valence-electron chi connectivity index (χ4n) is 2.89. The van der Waals surface area contributed by atoms with E-state index in [0.717, 1.165) is 16.7 Å². The molecule has 0 unspecified atom stereocenters. The van der Waals surface area contributed by atoms with Crippen molar-refractivity contribution in [1.29, 1.82) is 0 Å². The van der Waals surface area contributed by atoms with Crippen LogP contribution in [0, 0.1) is 13.8 Å². The van der Waals surface area contributed by atoms with Crippen LogP contribution in [0.15, 0.2) is 16.7 Å². The molecule has 0 aliphatic heterocycles. The van der Waals surface area contributed by atoms with Gasteiger partial charge in [-0.25, -0.2) is 0 Å². The average Bonchev–Trinajstić information content (AvgIpc) is 3.13. The molecule has 0 amide bonds. The van der Waals surface area contributed by atoms with Gasteiger partial charge >= 0.3 is 0 Å². The first-order valence-corrected chi connectivity index (χ1v) is 7.50. The van der Waals surface area contributed by atoms with Crippen LogP contribution >= 0.6 is 0 Å². The fraction of sp³-hybridized carbons (Fsp3) is 0.500. The topological polar surface area (TPSA) is 71.2 Å². The van der Waals surface area contributed by atoms with Gasteiger partial charge in [0, 0.05) is 11.6 Å². The third kappa shape index (κ3) is 3.08. The van der Waals surface area contributed by atoms with Crippen LogP contribution in [-0.2, 0) is 6.54 Å². The smallest absolute Gasteiger partial charge is 0.240 e. The lowest BCUT2D eigenvalue weighted by atomic mass is 10.1. The normalized spacial score (nSPS) is 15.7. The van der Waals surface area contributed by atoms with E-state index in [4.69, 9.17) is 4.52 Å². The molecule has 1 aromatic heterocycles. The van der Waals surface area contributed by atoms with Crippen molar-refractivity contribution in [2.45, 2.75) is 52.1 Å². The van der Waals surface area contributed by atoms with E-state index >= 15 is 0 Å². The first-order chi connectivity index (χ1) is 10.1. The average molecular weight is 287 g/mol. The van der Waals surface area contributed by atoms with Gasteiger partial charge in [-0.1, -0.05) is 18.0 Å². The molecule has 1 aliphatic rings. The van der Waals surface area contributed by atoms with Gasteiger partial charge in [0.1, 0.15) is 5.75 Å². The summed E-state index contributed by atoms with van der Waals surface area (Å²) in [6.07, 6.45) is 5.08. The van der Waals surface area contributed by atoms with E-state index in [1.807, 2.05) is 26.0 Å². The van der Waals surface area contributed by atoms with Gasteiger partial charge in [-0.3, -0.25) is 0 Å². The number of phenolic OH excluding ortho intramolecular Hbond substituents is 1. The molecule has 1 fully saturated rings. The zero-order valence-electron chi connectivity index (χ0n) is 12.5. The summed E-state index contributed by atoms with van der Waals surface area (Å²) in [5, 5.41) is 17.3. The number of nitrogens with one attached hydrogen (secondary N) is 1. The quantitative estimate of drug-likeness (QED) is 0.904. The summed E-state index contributed by atoms with van der Waals surface area (Å²) in [5.74, 6) is 1.51. The molecule has 3 rings (SSSR count). The number of hydrogen-bond donors (Lipinski definition) is 2. The largest absolute Gasteiger partial charge is 0.507 e. The van der Waals surface area contributed by atoms with Crippen molar-refractivity contribution in [1.82, 2.24) is 15.5 Å². The molecule has 1 heterocycles. The Hall–Kier alpha value is -1.88.